The molecule has 8 nitrogen and oxygen atoms in total. The van der Waals surface area contributed by atoms with Crippen LogP contribution in [-0.4, -0.2) is 29.5 Å². The Kier molecular flexibility index (Phi) is 5.14. The summed E-state index contributed by atoms with van der Waals surface area (Å²) in [6.45, 7) is 3.71. The van der Waals surface area contributed by atoms with Crippen LogP contribution < -0.4 is 0 Å². The van der Waals surface area contributed by atoms with Gasteiger partial charge in [-0.05, 0) is 43.7 Å². The molecule has 6 aromatic rings. The van der Waals surface area contributed by atoms with Gasteiger partial charge in [-0.1, -0.05) is 36.4 Å². The second-order valence-corrected chi connectivity index (χ2v) is 8.59. The molecule has 3 aromatic carbocycles. The van der Waals surface area contributed by atoms with Crippen LogP contribution in [0.3, 0.4) is 0 Å². The van der Waals surface area contributed by atoms with E-state index >= 15 is 0 Å². The van der Waals surface area contributed by atoms with Crippen molar-refractivity contribution < 1.29 is 0 Å². The van der Waals surface area contributed by atoms with Gasteiger partial charge in [-0.3, -0.25) is 0 Å². The number of nitriles is 2. The van der Waals surface area contributed by atoms with Gasteiger partial charge in [0.15, 0.2) is 5.82 Å². The lowest BCUT2D eigenvalue weighted by Crippen LogP contribution is -2.00. The molecule has 0 atom stereocenters. The van der Waals surface area contributed by atoms with E-state index in [0.29, 0.717) is 23.0 Å². The standard InChI is InChI=1S/C29H18N8/c1-17-34-18(2)36-29(35-17)20-7-9-24-23-5-3-4-6-26(23)37(27(24)12-20)25-10-8-19(11-21(25)13-30)22-15-32-28(14-31)33-16-22/h3-12,15-16H,1-2H3. The van der Waals surface area contributed by atoms with Crippen LogP contribution in [0.5, 0.6) is 0 Å². The van der Waals surface area contributed by atoms with E-state index in [0.717, 1.165) is 44.2 Å². The first-order valence-electron chi connectivity index (χ1n) is 11.6. The number of aromatic nitrogens is 6. The molecular weight excluding hydrogens is 460 g/mol. The predicted octanol–water partition coefficient (Wildman–Crippen LogP) is 5.45. The van der Waals surface area contributed by atoms with Gasteiger partial charge in [0.05, 0.1) is 22.3 Å². The molecule has 0 bridgehead atoms. The largest absolute Gasteiger partial charge is 0.308 e. The summed E-state index contributed by atoms with van der Waals surface area (Å²) in [5.41, 5.74) is 5.59. The van der Waals surface area contributed by atoms with E-state index in [-0.39, 0.29) is 5.82 Å². The first kappa shape index (κ1) is 22.0. The molecule has 3 heterocycles. The zero-order chi connectivity index (χ0) is 25.5. The number of para-hydroxylation sites is 1. The molecular formula is C29H18N8. The highest BCUT2D eigenvalue weighted by molar-refractivity contribution is 6.10. The second kappa shape index (κ2) is 8.63. The van der Waals surface area contributed by atoms with Crippen LogP contribution in [0.1, 0.15) is 23.0 Å². The van der Waals surface area contributed by atoms with Crippen molar-refractivity contribution in [2.24, 2.45) is 0 Å². The van der Waals surface area contributed by atoms with E-state index in [1.165, 1.54) is 0 Å². The average molecular weight is 479 g/mol. The number of hydrogen-bond acceptors (Lipinski definition) is 7. The van der Waals surface area contributed by atoms with Gasteiger partial charge in [0.25, 0.3) is 0 Å². The lowest BCUT2D eigenvalue weighted by Gasteiger charge is -2.12. The molecule has 8 heteroatoms. The lowest BCUT2D eigenvalue weighted by molar-refractivity contribution is 0.928. The molecule has 0 amide bonds. The molecule has 0 aliphatic rings. The topological polar surface area (TPSA) is 117 Å². The number of rotatable bonds is 3. The van der Waals surface area contributed by atoms with Gasteiger partial charge in [-0.2, -0.15) is 10.5 Å². The highest BCUT2D eigenvalue weighted by atomic mass is 15.0. The molecule has 0 saturated heterocycles. The molecule has 0 saturated carbocycles. The predicted molar refractivity (Wildman–Crippen MR) is 140 cm³/mol. The first-order chi connectivity index (χ1) is 18.1. The first-order valence-corrected chi connectivity index (χ1v) is 11.6. The summed E-state index contributed by atoms with van der Waals surface area (Å²) >= 11 is 0. The van der Waals surface area contributed by atoms with Crippen molar-refractivity contribution in [1.82, 2.24) is 29.5 Å². The summed E-state index contributed by atoms with van der Waals surface area (Å²) < 4.78 is 2.10. The van der Waals surface area contributed by atoms with Crippen molar-refractivity contribution >= 4 is 21.8 Å². The molecule has 0 unspecified atom stereocenters. The van der Waals surface area contributed by atoms with Gasteiger partial charge < -0.3 is 4.57 Å². The van der Waals surface area contributed by atoms with E-state index in [1.807, 2.05) is 56.3 Å². The van der Waals surface area contributed by atoms with Crippen LogP contribution in [-0.2, 0) is 0 Å². The Labute approximate surface area is 212 Å². The van der Waals surface area contributed by atoms with E-state index in [4.69, 9.17) is 5.26 Å². The van der Waals surface area contributed by atoms with Crippen molar-refractivity contribution in [2.45, 2.75) is 13.8 Å². The monoisotopic (exact) mass is 478 g/mol. The molecule has 0 aliphatic carbocycles. The highest BCUT2D eigenvalue weighted by Crippen LogP contribution is 2.36. The molecule has 6 rings (SSSR count). The van der Waals surface area contributed by atoms with E-state index in [9.17, 15) is 5.26 Å². The average Bonchev–Trinajstić information content (AvgIpc) is 3.25. The van der Waals surface area contributed by atoms with E-state index < -0.39 is 0 Å². The van der Waals surface area contributed by atoms with Crippen molar-refractivity contribution in [3.8, 4) is 40.3 Å². The summed E-state index contributed by atoms with van der Waals surface area (Å²) in [7, 11) is 0. The fraction of sp³-hybridized carbons (Fsp3) is 0.0690. The van der Waals surface area contributed by atoms with Crippen LogP contribution in [0.15, 0.2) is 73.1 Å². The van der Waals surface area contributed by atoms with E-state index in [2.05, 4.69) is 59.8 Å². The summed E-state index contributed by atoms with van der Waals surface area (Å²) in [5.74, 6) is 2.04. The van der Waals surface area contributed by atoms with Gasteiger partial charge in [0.1, 0.15) is 23.8 Å². The zero-order valence-electron chi connectivity index (χ0n) is 20.0. The number of aryl methyl sites for hydroxylation is 2. The Morgan fingerprint density at radius 2 is 1.38 bits per heavy atom. The molecule has 0 spiro atoms. The quantitative estimate of drug-likeness (QED) is 0.332. The second-order valence-electron chi connectivity index (χ2n) is 8.59. The Morgan fingerprint density at radius 3 is 2.11 bits per heavy atom. The summed E-state index contributed by atoms with van der Waals surface area (Å²) in [6.07, 6.45) is 3.18. The van der Waals surface area contributed by atoms with Crippen molar-refractivity contribution in [3.05, 3.63) is 96.1 Å². The maximum absolute atomic E-state index is 10.1. The van der Waals surface area contributed by atoms with Crippen molar-refractivity contribution in [2.75, 3.05) is 0 Å². The van der Waals surface area contributed by atoms with Gasteiger partial charge >= 0.3 is 0 Å². The fourth-order valence-corrected chi connectivity index (χ4v) is 4.65. The number of fused-ring (bicyclic) bond motifs is 3. The fourth-order valence-electron chi connectivity index (χ4n) is 4.65. The van der Waals surface area contributed by atoms with Gasteiger partial charge in [0, 0.05) is 34.3 Å². The minimum Gasteiger partial charge on any atom is -0.308 e. The third-order valence-corrected chi connectivity index (χ3v) is 6.23. The Morgan fingerprint density at radius 1 is 0.676 bits per heavy atom. The molecule has 174 valence electrons. The van der Waals surface area contributed by atoms with Gasteiger partial charge in [-0.15, -0.1) is 0 Å². The van der Waals surface area contributed by atoms with Crippen LogP contribution >= 0.6 is 0 Å². The van der Waals surface area contributed by atoms with Crippen LogP contribution in [0.4, 0.5) is 0 Å². The van der Waals surface area contributed by atoms with Crippen LogP contribution in [0, 0.1) is 36.5 Å². The Balaban J connectivity index is 1.59. The third kappa shape index (κ3) is 3.74. The number of nitrogens with zero attached hydrogens (tertiary/aromatic N) is 8. The minimum atomic E-state index is 0.102. The van der Waals surface area contributed by atoms with Gasteiger partial charge in [0.2, 0.25) is 5.82 Å². The van der Waals surface area contributed by atoms with Gasteiger partial charge in [-0.25, -0.2) is 24.9 Å². The third-order valence-electron chi connectivity index (χ3n) is 6.23. The van der Waals surface area contributed by atoms with E-state index in [1.54, 1.807) is 12.4 Å². The highest BCUT2D eigenvalue weighted by Gasteiger charge is 2.17. The minimum absolute atomic E-state index is 0.102. The number of hydrogen-bond donors (Lipinski definition) is 0. The van der Waals surface area contributed by atoms with Crippen LogP contribution in [0.2, 0.25) is 0 Å². The normalized spacial score (nSPS) is 10.9. The summed E-state index contributed by atoms with van der Waals surface area (Å²) in [5, 5.41) is 21.3. The van der Waals surface area contributed by atoms with Crippen molar-refractivity contribution in [1.29, 1.82) is 10.5 Å². The summed E-state index contributed by atoms with van der Waals surface area (Å²) in [6, 6.07) is 24.3. The smallest absolute Gasteiger partial charge is 0.232 e. The van der Waals surface area contributed by atoms with Crippen LogP contribution in [0.25, 0.3) is 50.0 Å². The molecule has 3 aromatic heterocycles. The Hall–Kier alpha value is -5.47. The summed E-state index contributed by atoms with van der Waals surface area (Å²) in [4.78, 5) is 21.5. The maximum Gasteiger partial charge on any atom is 0.232 e. The molecule has 0 radical (unpaired) electrons. The lowest BCUT2D eigenvalue weighted by atomic mass is 10.0. The maximum atomic E-state index is 10.1. The number of benzene rings is 3. The molecule has 0 N–H and O–H groups in total. The SMILES string of the molecule is Cc1nc(C)nc(-c2ccc3c4ccccc4n(-c4ccc(-c5cnc(C#N)nc5)cc4C#N)c3c2)n1. The molecule has 37 heavy (non-hydrogen) atoms. The zero-order valence-corrected chi connectivity index (χ0v) is 20.0. The van der Waals surface area contributed by atoms with Crippen molar-refractivity contribution in [3.63, 3.8) is 0 Å². The molecule has 0 aliphatic heterocycles. The Bertz CT molecular complexity index is 1900. The molecule has 0 fully saturated rings.